The van der Waals surface area contributed by atoms with Crippen LogP contribution in [0.2, 0.25) is 0 Å². The van der Waals surface area contributed by atoms with Gasteiger partial charge in [0.2, 0.25) is 5.88 Å². The van der Waals surface area contributed by atoms with Crippen molar-refractivity contribution in [3.63, 3.8) is 0 Å². The quantitative estimate of drug-likeness (QED) is 0.530. The van der Waals surface area contributed by atoms with Crippen molar-refractivity contribution in [2.75, 3.05) is 5.32 Å². The zero-order valence-electron chi connectivity index (χ0n) is 14.5. The number of para-hydroxylation sites is 1. The van der Waals surface area contributed by atoms with Crippen LogP contribution < -0.4 is 10.1 Å². The van der Waals surface area contributed by atoms with E-state index in [0.717, 1.165) is 5.56 Å². The van der Waals surface area contributed by atoms with Crippen LogP contribution in [0.1, 0.15) is 21.6 Å². The molecule has 1 aromatic heterocycles. The van der Waals surface area contributed by atoms with Gasteiger partial charge in [-0.05, 0) is 18.1 Å². The summed E-state index contributed by atoms with van der Waals surface area (Å²) in [5, 5.41) is 13.7. The lowest BCUT2D eigenvalue weighted by Crippen LogP contribution is -2.16. The highest BCUT2D eigenvalue weighted by Gasteiger charge is 2.19. The normalized spacial score (nSPS) is 10.3. The number of nitro groups is 1. The van der Waals surface area contributed by atoms with Crippen LogP contribution in [0.5, 0.6) is 5.88 Å². The van der Waals surface area contributed by atoms with E-state index < -0.39 is 10.8 Å². The molecule has 0 aliphatic heterocycles. The van der Waals surface area contributed by atoms with E-state index in [2.05, 4.69) is 15.3 Å². The van der Waals surface area contributed by atoms with Gasteiger partial charge < -0.3 is 10.1 Å². The lowest BCUT2D eigenvalue weighted by atomic mass is 10.1. The molecule has 0 unspecified atom stereocenters. The molecule has 0 spiro atoms. The van der Waals surface area contributed by atoms with Crippen LogP contribution >= 0.6 is 0 Å². The summed E-state index contributed by atoms with van der Waals surface area (Å²) >= 11 is 0. The van der Waals surface area contributed by atoms with E-state index in [4.69, 9.17) is 4.74 Å². The molecule has 0 fully saturated rings. The van der Waals surface area contributed by atoms with E-state index in [1.54, 1.807) is 19.1 Å². The molecule has 0 saturated carbocycles. The molecule has 3 aromatic rings. The number of nitrogens with one attached hydrogen (secondary N) is 1. The molecule has 1 heterocycles. The number of aromatic nitrogens is 2. The molecule has 136 valence electrons. The highest BCUT2D eigenvalue weighted by Crippen LogP contribution is 2.28. The monoisotopic (exact) mass is 364 g/mol. The number of nitrogens with zero attached hydrogens (tertiary/aromatic N) is 3. The second kappa shape index (κ2) is 8.05. The van der Waals surface area contributed by atoms with E-state index in [0.29, 0.717) is 12.2 Å². The Balaban J connectivity index is 1.75. The third-order valence-electron chi connectivity index (χ3n) is 3.79. The Hall–Kier alpha value is -3.81. The summed E-state index contributed by atoms with van der Waals surface area (Å²) in [6.45, 7) is 1.97. The van der Waals surface area contributed by atoms with Gasteiger partial charge in [-0.3, -0.25) is 14.9 Å². The Morgan fingerprint density at radius 3 is 2.67 bits per heavy atom. The molecule has 0 aliphatic carbocycles. The minimum absolute atomic E-state index is 0.0469. The summed E-state index contributed by atoms with van der Waals surface area (Å²) in [7, 11) is 0. The molecular weight excluding hydrogens is 348 g/mol. The topological polar surface area (TPSA) is 107 Å². The first-order chi connectivity index (χ1) is 13.0. The van der Waals surface area contributed by atoms with Crippen LogP contribution in [-0.2, 0) is 6.61 Å². The van der Waals surface area contributed by atoms with E-state index in [1.165, 1.54) is 18.5 Å². The Kier molecular flexibility index (Phi) is 5.36. The van der Waals surface area contributed by atoms with Crippen LogP contribution in [0, 0.1) is 17.0 Å². The van der Waals surface area contributed by atoms with Crippen molar-refractivity contribution in [1.29, 1.82) is 0 Å². The maximum atomic E-state index is 12.5. The molecule has 1 amide bonds. The van der Waals surface area contributed by atoms with Gasteiger partial charge in [0.05, 0.1) is 4.92 Å². The first-order valence-corrected chi connectivity index (χ1v) is 8.08. The smallest absolute Gasteiger partial charge is 0.293 e. The number of rotatable bonds is 6. The Labute approximate surface area is 155 Å². The first-order valence-electron chi connectivity index (χ1n) is 8.08. The minimum Gasteiger partial charge on any atom is -0.473 e. The number of aryl methyl sites for hydroxylation is 1. The zero-order chi connectivity index (χ0) is 19.2. The van der Waals surface area contributed by atoms with Gasteiger partial charge in [-0.2, -0.15) is 0 Å². The number of carbonyl (C=O) groups excluding carboxylic acids is 1. The van der Waals surface area contributed by atoms with Crippen molar-refractivity contribution in [1.82, 2.24) is 9.97 Å². The van der Waals surface area contributed by atoms with Gasteiger partial charge in [0.1, 0.15) is 24.3 Å². The van der Waals surface area contributed by atoms with Gasteiger partial charge in [0.25, 0.3) is 11.6 Å². The summed E-state index contributed by atoms with van der Waals surface area (Å²) < 4.78 is 5.58. The molecule has 1 N–H and O–H groups in total. The highest BCUT2D eigenvalue weighted by atomic mass is 16.6. The fourth-order valence-corrected chi connectivity index (χ4v) is 2.42. The van der Waals surface area contributed by atoms with Crippen molar-refractivity contribution < 1.29 is 14.5 Å². The molecule has 27 heavy (non-hydrogen) atoms. The average molecular weight is 364 g/mol. The van der Waals surface area contributed by atoms with Crippen molar-refractivity contribution in [3.05, 3.63) is 87.9 Å². The van der Waals surface area contributed by atoms with Gasteiger partial charge in [-0.15, -0.1) is 0 Å². The molecule has 0 bridgehead atoms. The largest absolute Gasteiger partial charge is 0.473 e. The maximum absolute atomic E-state index is 12.5. The van der Waals surface area contributed by atoms with Gasteiger partial charge >= 0.3 is 0 Å². The second-order valence-electron chi connectivity index (χ2n) is 5.70. The Morgan fingerprint density at radius 2 is 1.93 bits per heavy atom. The lowest BCUT2D eigenvalue weighted by Gasteiger charge is -2.09. The van der Waals surface area contributed by atoms with Crippen LogP contribution in [-0.4, -0.2) is 20.8 Å². The van der Waals surface area contributed by atoms with E-state index in [9.17, 15) is 14.9 Å². The molecule has 0 saturated heterocycles. The van der Waals surface area contributed by atoms with Crippen molar-refractivity contribution in [2.24, 2.45) is 0 Å². The Bertz CT molecular complexity index is 976. The number of benzene rings is 2. The summed E-state index contributed by atoms with van der Waals surface area (Å²) in [5.74, 6) is -0.349. The van der Waals surface area contributed by atoms with E-state index >= 15 is 0 Å². The lowest BCUT2D eigenvalue weighted by molar-refractivity contribution is -0.384. The fourth-order valence-electron chi connectivity index (χ4n) is 2.42. The summed E-state index contributed by atoms with van der Waals surface area (Å²) in [4.78, 5) is 31.0. The predicted molar refractivity (Wildman–Crippen MR) is 98.6 cm³/mol. The van der Waals surface area contributed by atoms with Crippen LogP contribution in [0.4, 0.5) is 11.4 Å². The van der Waals surface area contributed by atoms with Crippen LogP contribution in [0.15, 0.2) is 60.9 Å². The molecule has 3 rings (SSSR count). The highest BCUT2D eigenvalue weighted by molar-refractivity contribution is 6.04. The molecule has 8 heteroatoms. The molecule has 0 aliphatic rings. The number of amides is 1. The van der Waals surface area contributed by atoms with Crippen molar-refractivity contribution >= 4 is 17.3 Å². The molecule has 8 nitrogen and oxygen atoms in total. The maximum Gasteiger partial charge on any atom is 0.293 e. The first kappa shape index (κ1) is 18.0. The number of hydrogen-bond donors (Lipinski definition) is 1. The number of ether oxygens (including phenoxy) is 1. The van der Waals surface area contributed by atoms with Crippen LogP contribution in [0.3, 0.4) is 0 Å². The number of nitro benzene ring substituents is 1. The fraction of sp³-hybridized carbons (Fsp3) is 0.105. The average Bonchev–Trinajstić information content (AvgIpc) is 2.68. The van der Waals surface area contributed by atoms with Gasteiger partial charge in [-0.1, -0.05) is 42.5 Å². The molecular formula is C19H16N4O4. The molecule has 2 aromatic carbocycles. The van der Waals surface area contributed by atoms with Crippen LogP contribution in [0.25, 0.3) is 0 Å². The number of carbonyl (C=O) groups is 1. The van der Waals surface area contributed by atoms with E-state index in [-0.39, 0.29) is 22.9 Å². The third-order valence-corrected chi connectivity index (χ3v) is 3.79. The summed E-state index contributed by atoms with van der Waals surface area (Å²) in [5.41, 5.74) is 1.53. The summed E-state index contributed by atoms with van der Waals surface area (Å²) in [6.07, 6.45) is 1.21. The molecule has 0 radical (unpaired) electrons. The zero-order valence-corrected chi connectivity index (χ0v) is 14.5. The third kappa shape index (κ3) is 4.43. The predicted octanol–water partition coefficient (Wildman–Crippen LogP) is 3.52. The van der Waals surface area contributed by atoms with Crippen molar-refractivity contribution in [3.8, 4) is 5.88 Å². The van der Waals surface area contributed by atoms with Gasteiger partial charge in [-0.25, -0.2) is 9.97 Å². The number of hydrogen-bond acceptors (Lipinski definition) is 6. The van der Waals surface area contributed by atoms with Gasteiger partial charge in [0, 0.05) is 12.1 Å². The summed E-state index contributed by atoms with van der Waals surface area (Å²) in [6, 6.07) is 15.5. The minimum atomic E-state index is -0.584. The Morgan fingerprint density at radius 1 is 1.15 bits per heavy atom. The second-order valence-corrected chi connectivity index (χ2v) is 5.70. The van der Waals surface area contributed by atoms with Crippen molar-refractivity contribution in [2.45, 2.75) is 13.5 Å². The SMILES string of the molecule is Cc1cccc([N+](=O)[O-])c1NC(=O)c1cc(OCc2ccccc2)ncn1. The standard InChI is InChI=1S/C19H16N4O4/c1-13-6-5-9-16(23(25)26)18(13)22-19(24)15-10-17(21-12-20-15)27-11-14-7-3-2-4-8-14/h2-10,12H,11H2,1H3,(H,22,24). The number of anilines is 1. The molecule has 0 atom stereocenters. The van der Waals surface area contributed by atoms with Gasteiger partial charge in [0.15, 0.2) is 0 Å². The van der Waals surface area contributed by atoms with E-state index in [1.807, 2.05) is 30.3 Å².